The standard InChI is InChI=1S/C23H36N4O2.HI/c1-3-23(11-7-12-23)17-27-22(24-4-2)26-15-18-8-5-9-19(14-18)21(28)25-16-20-10-6-13-29-20;/h5,8-9,14,20H,3-4,6-7,10-13,15-17H2,1-2H3,(H,25,28)(H2,24,26,27);1H. The summed E-state index contributed by atoms with van der Waals surface area (Å²) in [5.41, 5.74) is 2.14. The van der Waals surface area contributed by atoms with Gasteiger partial charge in [0.05, 0.1) is 12.6 Å². The lowest BCUT2D eigenvalue weighted by Gasteiger charge is -2.41. The first kappa shape index (κ1) is 24.9. The number of hydrogen-bond donors (Lipinski definition) is 3. The van der Waals surface area contributed by atoms with Crippen molar-refractivity contribution in [2.24, 2.45) is 10.4 Å². The van der Waals surface area contributed by atoms with Crippen LogP contribution in [-0.4, -0.2) is 44.2 Å². The van der Waals surface area contributed by atoms with Gasteiger partial charge in [0.15, 0.2) is 5.96 Å². The summed E-state index contributed by atoms with van der Waals surface area (Å²) in [4.78, 5) is 17.2. The van der Waals surface area contributed by atoms with Gasteiger partial charge in [-0.1, -0.05) is 25.5 Å². The van der Waals surface area contributed by atoms with Gasteiger partial charge in [0.25, 0.3) is 5.91 Å². The van der Waals surface area contributed by atoms with Crippen LogP contribution in [0.3, 0.4) is 0 Å². The fourth-order valence-electron chi connectivity index (χ4n) is 4.04. The Morgan fingerprint density at radius 3 is 2.67 bits per heavy atom. The van der Waals surface area contributed by atoms with E-state index in [-0.39, 0.29) is 36.0 Å². The maximum Gasteiger partial charge on any atom is 0.251 e. The van der Waals surface area contributed by atoms with Gasteiger partial charge in [0, 0.05) is 31.8 Å². The zero-order valence-electron chi connectivity index (χ0n) is 18.3. The maximum absolute atomic E-state index is 12.5. The van der Waals surface area contributed by atoms with Crippen molar-refractivity contribution < 1.29 is 9.53 Å². The molecule has 168 valence electrons. The van der Waals surface area contributed by atoms with E-state index in [1.165, 1.54) is 25.7 Å². The summed E-state index contributed by atoms with van der Waals surface area (Å²) in [5, 5.41) is 9.84. The van der Waals surface area contributed by atoms with Crippen molar-refractivity contribution in [3.8, 4) is 0 Å². The largest absolute Gasteiger partial charge is 0.376 e. The highest BCUT2D eigenvalue weighted by molar-refractivity contribution is 14.0. The van der Waals surface area contributed by atoms with Gasteiger partial charge in [-0.05, 0) is 62.1 Å². The topological polar surface area (TPSA) is 74.8 Å². The molecule has 1 amide bonds. The Morgan fingerprint density at radius 1 is 1.20 bits per heavy atom. The van der Waals surface area contributed by atoms with Gasteiger partial charge in [-0.2, -0.15) is 0 Å². The van der Waals surface area contributed by atoms with Crippen LogP contribution in [0.15, 0.2) is 29.3 Å². The first-order valence-electron chi connectivity index (χ1n) is 11.1. The molecule has 1 saturated carbocycles. The third kappa shape index (κ3) is 7.11. The second kappa shape index (κ2) is 12.5. The van der Waals surface area contributed by atoms with Crippen LogP contribution in [-0.2, 0) is 11.3 Å². The van der Waals surface area contributed by atoms with Crippen molar-refractivity contribution in [1.29, 1.82) is 0 Å². The van der Waals surface area contributed by atoms with E-state index in [9.17, 15) is 4.79 Å². The second-order valence-corrected chi connectivity index (χ2v) is 8.30. The fourth-order valence-corrected chi connectivity index (χ4v) is 4.04. The van der Waals surface area contributed by atoms with Crippen molar-refractivity contribution in [1.82, 2.24) is 16.0 Å². The molecule has 0 bridgehead atoms. The molecule has 2 fully saturated rings. The Hall–Kier alpha value is -1.35. The molecule has 0 spiro atoms. The molecule has 1 saturated heterocycles. The summed E-state index contributed by atoms with van der Waals surface area (Å²) in [6.45, 7) is 8.08. The molecule has 1 atom stereocenters. The van der Waals surface area contributed by atoms with Gasteiger partial charge in [-0.3, -0.25) is 4.79 Å². The van der Waals surface area contributed by atoms with E-state index in [1.54, 1.807) is 0 Å². The third-order valence-corrected chi connectivity index (χ3v) is 6.26. The number of benzene rings is 1. The van der Waals surface area contributed by atoms with E-state index in [1.807, 2.05) is 24.3 Å². The number of aliphatic imine (C=N–C) groups is 1. The lowest BCUT2D eigenvalue weighted by atomic mass is 9.67. The Balaban J connectivity index is 0.00000320. The summed E-state index contributed by atoms with van der Waals surface area (Å²) in [6.07, 6.45) is 7.41. The Bertz CT molecular complexity index is 695. The van der Waals surface area contributed by atoms with E-state index in [2.05, 4.69) is 29.8 Å². The zero-order chi connectivity index (χ0) is 20.5. The van der Waals surface area contributed by atoms with Crippen LogP contribution in [0.1, 0.15) is 68.3 Å². The van der Waals surface area contributed by atoms with Crippen molar-refractivity contribution >= 4 is 35.8 Å². The number of hydrogen-bond acceptors (Lipinski definition) is 3. The number of halogens is 1. The highest BCUT2D eigenvalue weighted by Crippen LogP contribution is 2.42. The van der Waals surface area contributed by atoms with E-state index in [0.717, 1.165) is 44.1 Å². The number of carbonyl (C=O) groups excluding carboxylic acids is 1. The summed E-state index contributed by atoms with van der Waals surface area (Å²) in [5.74, 6) is 0.798. The molecule has 30 heavy (non-hydrogen) atoms. The van der Waals surface area contributed by atoms with E-state index < -0.39 is 0 Å². The number of nitrogens with zero attached hydrogens (tertiary/aromatic N) is 1. The quantitative estimate of drug-likeness (QED) is 0.259. The summed E-state index contributed by atoms with van der Waals surface area (Å²) in [6, 6.07) is 7.72. The van der Waals surface area contributed by atoms with Crippen LogP contribution in [0, 0.1) is 5.41 Å². The predicted molar refractivity (Wildman–Crippen MR) is 133 cm³/mol. The zero-order valence-corrected chi connectivity index (χ0v) is 20.7. The molecule has 1 unspecified atom stereocenters. The first-order chi connectivity index (χ1) is 14.1. The SMILES string of the molecule is CCNC(=NCc1cccc(C(=O)NCC2CCCO2)c1)NCC1(CC)CCC1.I. The average molecular weight is 528 g/mol. The first-order valence-corrected chi connectivity index (χ1v) is 11.1. The minimum atomic E-state index is -0.0498. The molecule has 1 aliphatic heterocycles. The average Bonchev–Trinajstić information content (AvgIpc) is 3.23. The maximum atomic E-state index is 12.5. The monoisotopic (exact) mass is 528 g/mol. The van der Waals surface area contributed by atoms with E-state index >= 15 is 0 Å². The van der Waals surface area contributed by atoms with Crippen molar-refractivity contribution in [3.63, 3.8) is 0 Å². The van der Waals surface area contributed by atoms with Gasteiger partial charge < -0.3 is 20.7 Å². The molecule has 3 N–H and O–H groups in total. The number of ether oxygens (including phenoxy) is 1. The number of rotatable bonds is 9. The molecule has 1 aromatic rings. The second-order valence-electron chi connectivity index (χ2n) is 8.30. The molecule has 1 aliphatic carbocycles. The van der Waals surface area contributed by atoms with Gasteiger partial charge >= 0.3 is 0 Å². The molecule has 0 radical (unpaired) electrons. The van der Waals surface area contributed by atoms with Crippen molar-refractivity contribution in [2.75, 3.05) is 26.2 Å². The van der Waals surface area contributed by atoms with E-state index in [0.29, 0.717) is 24.1 Å². The molecular formula is C23H37IN4O2. The number of carbonyl (C=O) groups is 1. The molecular weight excluding hydrogens is 491 g/mol. The van der Waals surface area contributed by atoms with Crippen LogP contribution in [0.25, 0.3) is 0 Å². The lowest BCUT2D eigenvalue weighted by molar-refractivity contribution is 0.0857. The number of amides is 1. The summed E-state index contributed by atoms with van der Waals surface area (Å²) in [7, 11) is 0. The van der Waals surface area contributed by atoms with Gasteiger partial charge in [-0.25, -0.2) is 4.99 Å². The molecule has 3 rings (SSSR count). The van der Waals surface area contributed by atoms with Crippen LogP contribution in [0.4, 0.5) is 0 Å². The summed E-state index contributed by atoms with van der Waals surface area (Å²) >= 11 is 0. The van der Waals surface area contributed by atoms with E-state index in [4.69, 9.17) is 9.73 Å². The molecule has 1 heterocycles. The van der Waals surface area contributed by atoms with Crippen LogP contribution < -0.4 is 16.0 Å². The third-order valence-electron chi connectivity index (χ3n) is 6.26. The van der Waals surface area contributed by atoms with Crippen molar-refractivity contribution in [2.45, 2.75) is 65.0 Å². The highest BCUT2D eigenvalue weighted by atomic mass is 127. The Labute approximate surface area is 198 Å². The smallest absolute Gasteiger partial charge is 0.251 e. The number of guanidine groups is 1. The molecule has 1 aromatic carbocycles. The van der Waals surface area contributed by atoms with Crippen LogP contribution >= 0.6 is 24.0 Å². The highest BCUT2D eigenvalue weighted by Gasteiger charge is 2.34. The van der Waals surface area contributed by atoms with Gasteiger partial charge in [0.1, 0.15) is 0 Å². The minimum absolute atomic E-state index is 0. The molecule has 0 aromatic heterocycles. The van der Waals surface area contributed by atoms with Crippen LogP contribution in [0.5, 0.6) is 0 Å². The van der Waals surface area contributed by atoms with Gasteiger partial charge in [0.2, 0.25) is 0 Å². The molecule has 6 nitrogen and oxygen atoms in total. The Morgan fingerprint density at radius 2 is 2.03 bits per heavy atom. The minimum Gasteiger partial charge on any atom is -0.376 e. The van der Waals surface area contributed by atoms with Crippen molar-refractivity contribution in [3.05, 3.63) is 35.4 Å². The number of nitrogens with one attached hydrogen (secondary N) is 3. The Kier molecular flexibility index (Phi) is 10.4. The van der Waals surface area contributed by atoms with Crippen LogP contribution in [0.2, 0.25) is 0 Å². The summed E-state index contributed by atoms with van der Waals surface area (Å²) < 4.78 is 5.57. The normalized spacial score (nSPS) is 20.1. The molecule has 7 heteroatoms. The predicted octanol–water partition coefficient (Wildman–Crippen LogP) is 3.85. The fraction of sp³-hybridized carbons (Fsp3) is 0.652. The molecule has 2 aliphatic rings. The lowest BCUT2D eigenvalue weighted by Crippen LogP contribution is -2.46. The van der Waals surface area contributed by atoms with Gasteiger partial charge in [-0.15, -0.1) is 24.0 Å².